The molecule has 1 heterocycles. The van der Waals surface area contributed by atoms with E-state index < -0.39 is 0 Å². The Labute approximate surface area is 120 Å². The molecular formula is C16H24N2O2. The van der Waals surface area contributed by atoms with Gasteiger partial charge in [0.25, 0.3) is 0 Å². The van der Waals surface area contributed by atoms with Gasteiger partial charge in [-0.15, -0.1) is 0 Å². The summed E-state index contributed by atoms with van der Waals surface area (Å²) < 4.78 is 0. The van der Waals surface area contributed by atoms with E-state index in [0.29, 0.717) is 19.5 Å². The molecule has 0 aromatic heterocycles. The molecule has 110 valence electrons. The molecule has 0 spiro atoms. The third-order valence-corrected chi connectivity index (χ3v) is 3.84. The second-order valence-corrected chi connectivity index (χ2v) is 5.64. The van der Waals surface area contributed by atoms with Gasteiger partial charge in [0.1, 0.15) is 0 Å². The van der Waals surface area contributed by atoms with Gasteiger partial charge >= 0.3 is 0 Å². The van der Waals surface area contributed by atoms with Gasteiger partial charge in [0.05, 0.1) is 5.92 Å². The lowest BCUT2D eigenvalue weighted by Gasteiger charge is -2.33. The molecule has 4 heteroatoms. The van der Waals surface area contributed by atoms with Gasteiger partial charge in [0.15, 0.2) is 0 Å². The maximum absolute atomic E-state index is 12.7. The monoisotopic (exact) mass is 276 g/mol. The highest BCUT2D eigenvalue weighted by Crippen LogP contribution is 2.25. The molecule has 1 aromatic carbocycles. The lowest BCUT2D eigenvalue weighted by molar-refractivity contribution is -0.137. The summed E-state index contributed by atoms with van der Waals surface area (Å²) in [4.78, 5) is 14.5. The molecule has 20 heavy (non-hydrogen) atoms. The molecule has 0 radical (unpaired) electrons. The molecule has 1 unspecified atom stereocenters. The first-order valence-electron chi connectivity index (χ1n) is 7.36. The number of aliphatic hydroxyl groups is 1. The van der Waals surface area contributed by atoms with Crippen molar-refractivity contribution in [3.8, 4) is 0 Å². The van der Waals surface area contributed by atoms with Crippen LogP contribution >= 0.6 is 0 Å². The summed E-state index contributed by atoms with van der Waals surface area (Å²) in [6.07, 6.45) is 1.44. The second-order valence-electron chi connectivity index (χ2n) is 5.64. The summed E-state index contributed by atoms with van der Waals surface area (Å²) in [5, 5.41) is 12.3. The van der Waals surface area contributed by atoms with Crippen molar-refractivity contribution in [3.05, 3.63) is 29.8 Å². The van der Waals surface area contributed by atoms with Gasteiger partial charge < -0.3 is 15.3 Å². The molecule has 0 aliphatic carbocycles. The number of fused-ring (bicyclic) bond motifs is 1. The van der Waals surface area contributed by atoms with Crippen molar-refractivity contribution < 1.29 is 9.90 Å². The number of nitrogens with zero attached hydrogens (tertiary/aromatic N) is 1. The van der Waals surface area contributed by atoms with E-state index >= 15 is 0 Å². The first-order chi connectivity index (χ1) is 9.63. The highest BCUT2D eigenvalue weighted by atomic mass is 16.3. The molecule has 1 aliphatic heterocycles. The molecule has 0 bridgehead atoms. The number of nitrogens with one attached hydrogen (secondary N) is 1. The Bertz CT molecular complexity index is 460. The van der Waals surface area contributed by atoms with Gasteiger partial charge in [-0.2, -0.15) is 0 Å². The number of hydrogen-bond acceptors (Lipinski definition) is 3. The maximum atomic E-state index is 12.7. The fourth-order valence-corrected chi connectivity index (χ4v) is 2.71. The van der Waals surface area contributed by atoms with Crippen molar-refractivity contribution in [2.24, 2.45) is 5.92 Å². The van der Waals surface area contributed by atoms with Crippen LogP contribution in [0.2, 0.25) is 0 Å². The minimum Gasteiger partial charge on any atom is -0.396 e. The summed E-state index contributed by atoms with van der Waals surface area (Å²) in [6.45, 7) is 5.50. The molecule has 0 saturated heterocycles. The zero-order valence-electron chi connectivity index (χ0n) is 12.3. The van der Waals surface area contributed by atoms with E-state index in [0.717, 1.165) is 12.1 Å². The normalized spacial score (nSPS) is 17.5. The van der Waals surface area contributed by atoms with Gasteiger partial charge in [-0.25, -0.2) is 0 Å². The zero-order valence-corrected chi connectivity index (χ0v) is 12.3. The first kappa shape index (κ1) is 14.9. The van der Waals surface area contributed by atoms with Crippen LogP contribution in [0.3, 0.4) is 0 Å². The van der Waals surface area contributed by atoms with E-state index in [9.17, 15) is 4.79 Å². The number of rotatable bonds is 5. The maximum Gasteiger partial charge on any atom is 0.228 e. The number of aliphatic hydroxyl groups excluding tert-OH is 1. The number of hydrogen-bond donors (Lipinski definition) is 2. The van der Waals surface area contributed by atoms with Crippen LogP contribution in [0, 0.1) is 5.92 Å². The van der Waals surface area contributed by atoms with E-state index in [1.165, 1.54) is 5.56 Å². The van der Waals surface area contributed by atoms with Crippen LogP contribution in [0.15, 0.2) is 24.3 Å². The second kappa shape index (κ2) is 6.75. The molecular weight excluding hydrogens is 252 g/mol. The predicted octanol–water partition coefficient (Wildman–Crippen LogP) is 1.89. The highest BCUT2D eigenvalue weighted by molar-refractivity contribution is 5.81. The van der Waals surface area contributed by atoms with Crippen molar-refractivity contribution >= 4 is 11.6 Å². The Morgan fingerprint density at radius 2 is 2.20 bits per heavy atom. The van der Waals surface area contributed by atoms with Gasteiger partial charge in [-0.3, -0.25) is 4.79 Å². The Balaban J connectivity index is 2.06. The molecule has 1 aromatic rings. The van der Waals surface area contributed by atoms with E-state index in [-0.39, 0.29) is 24.5 Å². The average Bonchev–Trinajstić information content (AvgIpc) is 2.46. The van der Waals surface area contributed by atoms with Crippen LogP contribution in [0.1, 0.15) is 25.8 Å². The molecule has 2 N–H and O–H groups in total. The SMILES string of the molecule is CC(C)N(CCCO)C(=O)C1CNc2ccccc2C1. The van der Waals surface area contributed by atoms with Gasteiger partial charge in [-0.05, 0) is 38.3 Å². The third-order valence-electron chi connectivity index (χ3n) is 3.84. The molecule has 4 nitrogen and oxygen atoms in total. The van der Waals surface area contributed by atoms with Crippen LogP contribution in [0.5, 0.6) is 0 Å². The molecule has 2 rings (SSSR count). The number of para-hydroxylation sites is 1. The fraction of sp³-hybridized carbons (Fsp3) is 0.562. The van der Waals surface area contributed by atoms with Crippen molar-refractivity contribution in [1.82, 2.24) is 4.90 Å². The molecule has 1 aliphatic rings. The number of benzene rings is 1. The van der Waals surface area contributed by atoms with Crippen molar-refractivity contribution in [2.45, 2.75) is 32.7 Å². The highest BCUT2D eigenvalue weighted by Gasteiger charge is 2.29. The van der Waals surface area contributed by atoms with E-state index in [4.69, 9.17) is 5.11 Å². The molecule has 0 fully saturated rings. The lowest BCUT2D eigenvalue weighted by atomic mass is 9.92. The Morgan fingerprint density at radius 3 is 2.90 bits per heavy atom. The van der Waals surface area contributed by atoms with Crippen LogP contribution in [0.4, 0.5) is 5.69 Å². The standard InChI is InChI=1S/C16H24N2O2/c1-12(2)18(8-5-9-19)16(20)14-10-13-6-3-4-7-15(13)17-11-14/h3-4,6-7,12,14,17,19H,5,8-11H2,1-2H3. The van der Waals surface area contributed by atoms with Gasteiger partial charge in [0.2, 0.25) is 5.91 Å². The lowest BCUT2D eigenvalue weighted by Crippen LogP contribution is -2.45. The minimum atomic E-state index is -0.00834. The largest absolute Gasteiger partial charge is 0.396 e. The number of anilines is 1. The Morgan fingerprint density at radius 1 is 1.45 bits per heavy atom. The van der Waals surface area contributed by atoms with E-state index in [2.05, 4.69) is 17.4 Å². The molecule has 1 amide bonds. The third kappa shape index (κ3) is 3.31. The quantitative estimate of drug-likeness (QED) is 0.863. The summed E-state index contributed by atoms with van der Waals surface area (Å²) in [5.41, 5.74) is 2.35. The van der Waals surface area contributed by atoms with Gasteiger partial charge in [-0.1, -0.05) is 18.2 Å². The van der Waals surface area contributed by atoms with Gasteiger partial charge in [0, 0.05) is 31.4 Å². The number of carbonyl (C=O) groups excluding carboxylic acids is 1. The van der Waals surface area contributed by atoms with E-state index in [1.54, 1.807) is 0 Å². The Hall–Kier alpha value is -1.55. The topological polar surface area (TPSA) is 52.6 Å². The zero-order chi connectivity index (χ0) is 14.5. The Kier molecular flexibility index (Phi) is 5.01. The van der Waals surface area contributed by atoms with Crippen LogP contribution < -0.4 is 5.32 Å². The average molecular weight is 276 g/mol. The van der Waals surface area contributed by atoms with Crippen molar-refractivity contribution in [1.29, 1.82) is 0 Å². The number of amides is 1. The summed E-state index contributed by atoms with van der Waals surface area (Å²) in [6, 6.07) is 8.33. The molecule has 1 atom stereocenters. The summed E-state index contributed by atoms with van der Waals surface area (Å²) >= 11 is 0. The number of carbonyl (C=O) groups is 1. The smallest absolute Gasteiger partial charge is 0.228 e. The predicted molar refractivity (Wildman–Crippen MR) is 80.7 cm³/mol. The summed E-state index contributed by atoms with van der Waals surface area (Å²) in [5.74, 6) is 0.182. The van der Waals surface area contributed by atoms with Crippen molar-refractivity contribution in [3.63, 3.8) is 0 Å². The van der Waals surface area contributed by atoms with Crippen LogP contribution in [0.25, 0.3) is 0 Å². The van der Waals surface area contributed by atoms with Crippen molar-refractivity contribution in [2.75, 3.05) is 25.0 Å². The molecule has 0 saturated carbocycles. The van der Waals surface area contributed by atoms with E-state index in [1.807, 2.05) is 30.9 Å². The van der Waals surface area contributed by atoms with Crippen LogP contribution in [-0.4, -0.2) is 41.7 Å². The minimum absolute atomic E-state index is 0.00834. The fourth-order valence-electron chi connectivity index (χ4n) is 2.71. The van der Waals surface area contributed by atoms with Crippen LogP contribution in [-0.2, 0) is 11.2 Å². The first-order valence-corrected chi connectivity index (χ1v) is 7.36. The summed E-state index contributed by atoms with van der Waals surface area (Å²) in [7, 11) is 0.